The Kier molecular flexibility index (Phi) is 3.76. The Bertz CT molecular complexity index is 939. The molecule has 6 nitrogen and oxygen atoms in total. The first-order valence-corrected chi connectivity index (χ1v) is 7.28. The zero-order valence-corrected chi connectivity index (χ0v) is 12.6. The van der Waals surface area contributed by atoms with E-state index in [-0.39, 0.29) is 27.5 Å². The number of rotatable bonds is 3. The molecule has 3 rings (SSSR count). The lowest BCUT2D eigenvalue weighted by molar-refractivity contribution is -0.274. The Balaban J connectivity index is 2.32. The van der Waals surface area contributed by atoms with Crippen LogP contribution in [0.3, 0.4) is 0 Å². The van der Waals surface area contributed by atoms with Gasteiger partial charge in [0.15, 0.2) is 0 Å². The molecule has 0 spiro atoms. The maximum absolute atomic E-state index is 12.6. The van der Waals surface area contributed by atoms with E-state index in [1.807, 2.05) is 0 Å². The quantitative estimate of drug-likeness (QED) is 0.752. The molecule has 0 saturated carbocycles. The van der Waals surface area contributed by atoms with Gasteiger partial charge in [-0.25, -0.2) is 9.97 Å². The third-order valence-corrected chi connectivity index (χ3v) is 4.18. The fourth-order valence-corrected chi connectivity index (χ4v) is 3.20. The number of alkyl halides is 3. The lowest BCUT2D eigenvalue weighted by Crippen LogP contribution is -2.18. The molecule has 0 radical (unpaired) electrons. The number of nitrogen functional groups attached to an aromatic ring is 1. The summed E-state index contributed by atoms with van der Waals surface area (Å²) in [4.78, 5) is 19.6. The smallest absolute Gasteiger partial charge is 0.405 e. The molecule has 0 aliphatic heterocycles. The van der Waals surface area contributed by atoms with Crippen LogP contribution in [0, 0.1) is 0 Å². The maximum Gasteiger partial charge on any atom is 0.573 e. The Hall–Kier alpha value is -2.88. The molecule has 1 aromatic carbocycles. The van der Waals surface area contributed by atoms with E-state index in [9.17, 15) is 18.0 Å². The van der Waals surface area contributed by atoms with E-state index < -0.39 is 18.0 Å². The highest BCUT2D eigenvalue weighted by molar-refractivity contribution is 7.21. The Labute approximate surface area is 136 Å². The molecular formula is C14H9F3N4O2S. The van der Waals surface area contributed by atoms with Crippen LogP contribution in [0.1, 0.15) is 9.67 Å². The first kappa shape index (κ1) is 16.0. The molecule has 0 bridgehead atoms. The van der Waals surface area contributed by atoms with Gasteiger partial charge in [-0.15, -0.1) is 24.5 Å². The normalized spacial score (nSPS) is 11.6. The number of primary amides is 1. The van der Waals surface area contributed by atoms with Crippen molar-refractivity contribution in [3.05, 3.63) is 35.3 Å². The monoisotopic (exact) mass is 354 g/mol. The number of anilines is 1. The molecule has 0 aliphatic rings. The molecule has 4 N–H and O–H groups in total. The zero-order valence-electron chi connectivity index (χ0n) is 11.8. The molecule has 1 amide bonds. The minimum absolute atomic E-state index is 0.0352. The van der Waals surface area contributed by atoms with Gasteiger partial charge < -0.3 is 16.2 Å². The van der Waals surface area contributed by atoms with Crippen molar-refractivity contribution in [3.63, 3.8) is 0 Å². The number of carbonyl (C=O) groups is 1. The third-order valence-electron chi connectivity index (χ3n) is 3.06. The van der Waals surface area contributed by atoms with Crippen molar-refractivity contribution in [1.29, 1.82) is 0 Å². The summed E-state index contributed by atoms with van der Waals surface area (Å²) >= 11 is 0.970. The number of hydrogen-bond donors (Lipinski definition) is 2. The van der Waals surface area contributed by atoms with Crippen LogP contribution in [-0.4, -0.2) is 22.2 Å². The first-order valence-electron chi connectivity index (χ1n) is 6.46. The van der Waals surface area contributed by atoms with Crippen LogP contribution in [-0.2, 0) is 0 Å². The van der Waals surface area contributed by atoms with Crippen molar-refractivity contribution in [2.24, 2.45) is 5.73 Å². The molecule has 0 atom stereocenters. The van der Waals surface area contributed by atoms with E-state index in [1.165, 1.54) is 24.4 Å². The van der Waals surface area contributed by atoms with Gasteiger partial charge in [0.1, 0.15) is 10.6 Å². The number of ether oxygens (including phenoxy) is 1. The predicted octanol–water partition coefficient (Wildman–Crippen LogP) is 2.94. The number of halogens is 3. The average Bonchev–Trinajstić information content (AvgIpc) is 2.85. The van der Waals surface area contributed by atoms with Crippen LogP contribution in [0.5, 0.6) is 5.75 Å². The second-order valence-corrected chi connectivity index (χ2v) is 5.71. The highest BCUT2D eigenvalue weighted by Gasteiger charge is 2.33. The van der Waals surface area contributed by atoms with Crippen LogP contribution in [0.15, 0.2) is 30.5 Å². The summed E-state index contributed by atoms with van der Waals surface area (Å²) in [6.45, 7) is 0. The summed E-state index contributed by atoms with van der Waals surface area (Å²) in [5, 5.41) is 0. The number of fused-ring (bicyclic) bond motifs is 1. The topological polar surface area (TPSA) is 104 Å². The SMILES string of the molecule is NC(=O)c1sc2cnc(N)nc2c1-c1ccccc1OC(F)(F)F. The van der Waals surface area contributed by atoms with Crippen molar-refractivity contribution >= 4 is 33.4 Å². The largest absolute Gasteiger partial charge is 0.573 e. The van der Waals surface area contributed by atoms with Crippen molar-refractivity contribution in [3.8, 4) is 16.9 Å². The Morgan fingerprint density at radius 1 is 1.25 bits per heavy atom. The number of carbonyl (C=O) groups excluding carboxylic acids is 1. The van der Waals surface area contributed by atoms with Gasteiger partial charge in [0, 0.05) is 11.1 Å². The highest BCUT2D eigenvalue weighted by Crippen LogP contribution is 2.42. The third kappa shape index (κ3) is 2.95. The van der Waals surface area contributed by atoms with E-state index in [0.717, 1.165) is 17.4 Å². The lowest BCUT2D eigenvalue weighted by Gasteiger charge is -2.13. The maximum atomic E-state index is 12.6. The van der Waals surface area contributed by atoms with Gasteiger partial charge in [-0.1, -0.05) is 18.2 Å². The fourth-order valence-electron chi connectivity index (χ4n) is 2.22. The van der Waals surface area contributed by atoms with E-state index in [4.69, 9.17) is 11.5 Å². The van der Waals surface area contributed by atoms with Gasteiger partial charge in [-0.2, -0.15) is 0 Å². The molecule has 10 heteroatoms. The molecule has 2 heterocycles. The van der Waals surface area contributed by atoms with Crippen molar-refractivity contribution in [1.82, 2.24) is 9.97 Å². The van der Waals surface area contributed by atoms with Crippen molar-refractivity contribution < 1.29 is 22.7 Å². The minimum atomic E-state index is -4.89. The number of nitrogens with two attached hydrogens (primary N) is 2. The summed E-state index contributed by atoms with van der Waals surface area (Å²) < 4.78 is 42.4. The summed E-state index contributed by atoms with van der Waals surface area (Å²) in [7, 11) is 0. The highest BCUT2D eigenvalue weighted by atomic mass is 32.1. The summed E-state index contributed by atoms with van der Waals surface area (Å²) in [6, 6.07) is 5.42. The zero-order chi connectivity index (χ0) is 17.5. The summed E-state index contributed by atoms with van der Waals surface area (Å²) in [5.74, 6) is -1.34. The van der Waals surface area contributed by atoms with E-state index in [0.29, 0.717) is 4.70 Å². The average molecular weight is 354 g/mol. The van der Waals surface area contributed by atoms with E-state index in [2.05, 4.69) is 14.7 Å². The number of aromatic nitrogens is 2. The number of nitrogens with zero attached hydrogens (tertiary/aromatic N) is 2. The van der Waals surface area contributed by atoms with Crippen molar-refractivity contribution in [2.75, 3.05) is 5.73 Å². The summed E-state index contributed by atoms with van der Waals surface area (Å²) in [6.07, 6.45) is -3.51. The number of hydrogen-bond acceptors (Lipinski definition) is 6. The van der Waals surface area contributed by atoms with E-state index >= 15 is 0 Å². The molecule has 124 valence electrons. The molecule has 3 aromatic rings. The van der Waals surface area contributed by atoms with Gasteiger partial charge in [0.2, 0.25) is 5.95 Å². The molecule has 0 unspecified atom stereocenters. The Morgan fingerprint density at radius 3 is 2.62 bits per heavy atom. The molecule has 0 saturated heterocycles. The number of benzene rings is 1. The minimum Gasteiger partial charge on any atom is -0.405 e. The van der Waals surface area contributed by atoms with Gasteiger partial charge in [0.05, 0.1) is 16.4 Å². The molecule has 24 heavy (non-hydrogen) atoms. The summed E-state index contributed by atoms with van der Waals surface area (Å²) in [5.41, 5.74) is 11.3. The second-order valence-electron chi connectivity index (χ2n) is 4.66. The van der Waals surface area contributed by atoms with Crippen LogP contribution in [0.4, 0.5) is 19.1 Å². The van der Waals surface area contributed by atoms with Crippen LogP contribution < -0.4 is 16.2 Å². The van der Waals surface area contributed by atoms with Crippen molar-refractivity contribution in [2.45, 2.75) is 6.36 Å². The molecule has 2 aromatic heterocycles. The standard InChI is InChI=1S/C14H9F3N4O2S/c15-14(16,17)23-7-4-2-1-3-6(7)9-10-8(5-20-13(19)21-10)24-11(9)12(18)22/h1-5H,(H2,18,22)(H2,19,20,21). The molecule has 0 aliphatic carbocycles. The Morgan fingerprint density at radius 2 is 1.96 bits per heavy atom. The van der Waals surface area contributed by atoms with Gasteiger partial charge in [0.25, 0.3) is 5.91 Å². The van der Waals surface area contributed by atoms with Crippen LogP contribution >= 0.6 is 11.3 Å². The van der Waals surface area contributed by atoms with E-state index in [1.54, 1.807) is 0 Å². The fraction of sp³-hybridized carbons (Fsp3) is 0.0714. The van der Waals surface area contributed by atoms with Gasteiger partial charge in [-0.3, -0.25) is 4.79 Å². The second kappa shape index (κ2) is 5.64. The number of amides is 1. The number of para-hydroxylation sites is 1. The van der Waals surface area contributed by atoms with Gasteiger partial charge in [-0.05, 0) is 6.07 Å². The lowest BCUT2D eigenvalue weighted by atomic mass is 10.0. The molecule has 0 fully saturated rings. The van der Waals surface area contributed by atoms with Gasteiger partial charge >= 0.3 is 6.36 Å². The predicted molar refractivity (Wildman–Crippen MR) is 82.5 cm³/mol. The van der Waals surface area contributed by atoms with Crippen LogP contribution in [0.2, 0.25) is 0 Å². The number of thiophene rings is 1. The molecular weight excluding hydrogens is 345 g/mol. The first-order chi connectivity index (χ1) is 11.3. The van der Waals surface area contributed by atoms with Crippen LogP contribution in [0.25, 0.3) is 21.3 Å².